The lowest BCUT2D eigenvalue weighted by atomic mass is 10.2. The molecule has 0 saturated carbocycles. The molecule has 1 fully saturated rings. The van der Waals surface area contributed by atoms with Gasteiger partial charge in [-0.1, -0.05) is 13.8 Å². The van der Waals surface area contributed by atoms with Crippen LogP contribution in [0.3, 0.4) is 0 Å². The number of aromatic nitrogens is 2. The van der Waals surface area contributed by atoms with Gasteiger partial charge in [0.2, 0.25) is 0 Å². The van der Waals surface area contributed by atoms with E-state index in [9.17, 15) is 0 Å². The maximum atomic E-state index is 4.73. The highest BCUT2D eigenvalue weighted by molar-refractivity contribution is 5.45. The molecule has 5 nitrogen and oxygen atoms in total. The molecule has 1 atom stereocenters. The van der Waals surface area contributed by atoms with E-state index in [0.29, 0.717) is 6.04 Å². The molecule has 112 valence electrons. The zero-order valence-corrected chi connectivity index (χ0v) is 13.0. The van der Waals surface area contributed by atoms with E-state index in [2.05, 4.69) is 41.0 Å². The third-order valence-electron chi connectivity index (χ3n) is 3.85. The van der Waals surface area contributed by atoms with E-state index in [-0.39, 0.29) is 0 Å². The molecule has 0 bridgehead atoms. The highest BCUT2D eigenvalue weighted by Crippen LogP contribution is 2.20. The van der Waals surface area contributed by atoms with Crippen molar-refractivity contribution >= 4 is 11.6 Å². The summed E-state index contributed by atoms with van der Waals surface area (Å²) in [7, 11) is 2.21. The van der Waals surface area contributed by atoms with E-state index >= 15 is 0 Å². The number of rotatable bonds is 5. The predicted molar refractivity (Wildman–Crippen MR) is 84.4 cm³/mol. The van der Waals surface area contributed by atoms with Crippen LogP contribution in [0, 0.1) is 0 Å². The minimum absolute atomic E-state index is 0.526. The Balaban J connectivity index is 2.15. The molecule has 1 aromatic rings. The van der Waals surface area contributed by atoms with Crippen molar-refractivity contribution in [3.8, 4) is 0 Å². The first-order valence-electron chi connectivity index (χ1n) is 7.75. The van der Waals surface area contributed by atoms with Crippen molar-refractivity contribution in [2.24, 2.45) is 0 Å². The molecule has 5 heteroatoms. The molecule has 0 spiro atoms. The molecule has 0 aromatic carbocycles. The SMILES string of the molecule is CCCNc1cncc(N2CCCN(C)CC2CC)n1. The second-order valence-electron chi connectivity index (χ2n) is 5.56. The van der Waals surface area contributed by atoms with Crippen LogP contribution >= 0.6 is 0 Å². The molecular weight excluding hydrogens is 250 g/mol. The predicted octanol–water partition coefficient (Wildman–Crippen LogP) is 2.22. The van der Waals surface area contributed by atoms with Gasteiger partial charge in [-0.15, -0.1) is 0 Å². The monoisotopic (exact) mass is 277 g/mol. The van der Waals surface area contributed by atoms with Crippen LogP contribution in [0.2, 0.25) is 0 Å². The summed E-state index contributed by atoms with van der Waals surface area (Å²) in [6.45, 7) is 8.68. The summed E-state index contributed by atoms with van der Waals surface area (Å²) < 4.78 is 0. The van der Waals surface area contributed by atoms with Gasteiger partial charge in [0.15, 0.2) is 0 Å². The molecule has 2 rings (SSSR count). The fourth-order valence-corrected chi connectivity index (χ4v) is 2.73. The Kier molecular flexibility index (Phi) is 5.59. The van der Waals surface area contributed by atoms with Gasteiger partial charge in [0, 0.05) is 25.7 Å². The smallest absolute Gasteiger partial charge is 0.149 e. The zero-order valence-electron chi connectivity index (χ0n) is 13.0. The largest absolute Gasteiger partial charge is 0.369 e. The molecule has 1 aromatic heterocycles. The van der Waals surface area contributed by atoms with E-state index in [1.165, 1.54) is 6.42 Å². The molecule has 1 aliphatic rings. The quantitative estimate of drug-likeness (QED) is 0.894. The third kappa shape index (κ3) is 3.82. The van der Waals surface area contributed by atoms with Crippen LogP contribution in [0.15, 0.2) is 12.4 Å². The van der Waals surface area contributed by atoms with Crippen molar-refractivity contribution < 1.29 is 0 Å². The average Bonchev–Trinajstić information content (AvgIpc) is 2.66. The van der Waals surface area contributed by atoms with Crippen LogP contribution in [0.25, 0.3) is 0 Å². The lowest BCUT2D eigenvalue weighted by Crippen LogP contribution is -2.40. The summed E-state index contributed by atoms with van der Waals surface area (Å²) >= 11 is 0. The van der Waals surface area contributed by atoms with E-state index in [1.807, 2.05) is 12.4 Å². The van der Waals surface area contributed by atoms with Gasteiger partial charge in [-0.2, -0.15) is 0 Å². The summed E-state index contributed by atoms with van der Waals surface area (Å²) in [5, 5.41) is 3.32. The fourth-order valence-electron chi connectivity index (χ4n) is 2.73. The van der Waals surface area contributed by atoms with Crippen molar-refractivity contribution in [2.75, 3.05) is 43.4 Å². The number of anilines is 2. The van der Waals surface area contributed by atoms with Crippen LogP contribution in [0.1, 0.15) is 33.1 Å². The molecule has 0 radical (unpaired) electrons. The Morgan fingerprint density at radius 2 is 2.15 bits per heavy atom. The van der Waals surface area contributed by atoms with Gasteiger partial charge < -0.3 is 15.1 Å². The first-order valence-corrected chi connectivity index (χ1v) is 7.75. The average molecular weight is 277 g/mol. The van der Waals surface area contributed by atoms with Gasteiger partial charge in [0.25, 0.3) is 0 Å². The number of nitrogens with zero attached hydrogens (tertiary/aromatic N) is 4. The van der Waals surface area contributed by atoms with Crippen LogP contribution < -0.4 is 10.2 Å². The molecule has 1 saturated heterocycles. The van der Waals surface area contributed by atoms with E-state index < -0.39 is 0 Å². The van der Waals surface area contributed by atoms with Gasteiger partial charge >= 0.3 is 0 Å². The molecule has 2 heterocycles. The standard InChI is InChI=1S/C15H27N5/c1-4-7-17-14-10-16-11-15(18-14)20-9-6-8-19(3)12-13(20)5-2/h10-11,13H,4-9,12H2,1-3H3,(H,17,18). The molecular formula is C15H27N5. The maximum absolute atomic E-state index is 4.73. The summed E-state index contributed by atoms with van der Waals surface area (Å²) in [4.78, 5) is 13.9. The molecule has 1 aliphatic heterocycles. The third-order valence-corrected chi connectivity index (χ3v) is 3.85. The maximum Gasteiger partial charge on any atom is 0.149 e. The first-order chi connectivity index (χ1) is 9.74. The van der Waals surface area contributed by atoms with E-state index in [1.54, 1.807) is 0 Å². The van der Waals surface area contributed by atoms with Gasteiger partial charge in [0.05, 0.1) is 12.4 Å². The van der Waals surface area contributed by atoms with Gasteiger partial charge in [-0.25, -0.2) is 4.98 Å². The Morgan fingerprint density at radius 3 is 2.90 bits per heavy atom. The highest BCUT2D eigenvalue weighted by atomic mass is 15.3. The van der Waals surface area contributed by atoms with Gasteiger partial charge in [-0.05, 0) is 32.9 Å². The number of likely N-dealkylation sites (N-methyl/N-ethyl adjacent to an activating group) is 1. The van der Waals surface area contributed by atoms with Crippen LogP contribution in [0.5, 0.6) is 0 Å². The fraction of sp³-hybridized carbons (Fsp3) is 0.733. The Labute approximate surface area is 122 Å². The second kappa shape index (κ2) is 7.43. The first kappa shape index (κ1) is 15.0. The summed E-state index contributed by atoms with van der Waals surface area (Å²) in [5.41, 5.74) is 0. The van der Waals surface area contributed by atoms with Gasteiger partial charge in [-0.3, -0.25) is 4.98 Å². The second-order valence-corrected chi connectivity index (χ2v) is 5.56. The van der Waals surface area contributed by atoms with Crippen molar-refractivity contribution in [3.05, 3.63) is 12.4 Å². The normalized spacial score (nSPS) is 20.8. The van der Waals surface area contributed by atoms with Crippen LogP contribution in [-0.2, 0) is 0 Å². The van der Waals surface area contributed by atoms with Crippen molar-refractivity contribution in [2.45, 2.75) is 39.2 Å². The van der Waals surface area contributed by atoms with E-state index in [0.717, 1.165) is 50.7 Å². The summed E-state index contributed by atoms with van der Waals surface area (Å²) in [6.07, 6.45) is 7.12. The lowest BCUT2D eigenvalue weighted by molar-refractivity contribution is 0.327. The van der Waals surface area contributed by atoms with Crippen molar-refractivity contribution in [1.82, 2.24) is 14.9 Å². The zero-order chi connectivity index (χ0) is 14.4. The van der Waals surface area contributed by atoms with Gasteiger partial charge in [0.1, 0.15) is 11.6 Å². The van der Waals surface area contributed by atoms with E-state index in [4.69, 9.17) is 4.98 Å². The molecule has 0 amide bonds. The summed E-state index contributed by atoms with van der Waals surface area (Å²) in [6, 6.07) is 0.526. The lowest BCUT2D eigenvalue weighted by Gasteiger charge is -2.31. The Hall–Kier alpha value is -1.36. The van der Waals surface area contributed by atoms with Crippen molar-refractivity contribution in [1.29, 1.82) is 0 Å². The van der Waals surface area contributed by atoms with Crippen LogP contribution in [-0.4, -0.2) is 54.1 Å². The minimum atomic E-state index is 0.526. The highest BCUT2D eigenvalue weighted by Gasteiger charge is 2.23. The van der Waals surface area contributed by atoms with Crippen molar-refractivity contribution in [3.63, 3.8) is 0 Å². The van der Waals surface area contributed by atoms with Crippen LogP contribution in [0.4, 0.5) is 11.6 Å². The molecule has 1 N–H and O–H groups in total. The number of hydrogen-bond acceptors (Lipinski definition) is 5. The topological polar surface area (TPSA) is 44.3 Å². The molecule has 20 heavy (non-hydrogen) atoms. The Morgan fingerprint density at radius 1 is 1.30 bits per heavy atom. The number of hydrogen-bond donors (Lipinski definition) is 1. The number of nitrogens with one attached hydrogen (secondary N) is 1. The molecule has 0 aliphatic carbocycles. The molecule has 1 unspecified atom stereocenters. The Bertz CT molecular complexity index is 409. The summed E-state index contributed by atoms with van der Waals surface area (Å²) in [5.74, 6) is 1.89. The minimum Gasteiger partial charge on any atom is -0.369 e.